The van der Waals surface area contributed by atoms with Gasteiger partial charge in [0.25, 0.3) is 0 Å². The number of aliphatic hydroxyl groups excluding tert-OH is 1. The van der Waals surface area contributed by atoms with Gasteiger partial charge in [-0.15, -0.1) is 0 Å². The number of carbonyl (C=O) groups is 1. The first kappa shape index (κ1) is 21.4. The van der Waals surface area contributed by atoms with E-state index in [0.29, 0.717) is 11.8 Å². The van der Waals surface area contributed by atoms with Crippen molar-refractivity contribution in [1.29, 1.82) is 0 Å². The van der Waals surface area contributed by atoms with Crippen LogP contribution < -0.4 is 0 Å². The molecule has 0 amide bonds. The van der Waals surface area contributed by atoms with Gasteiger partial charge in [0.15, 0.2) is 0 Å². The predicted molar refractivity (Wildman–Crippen MR) is 90.0 cm³/mol. The van der Waals surface area contributed by atoms with E-state index in [2.05, 4.69) is 13.8 Å². The van der Waals surface area contributed by atoms with E-state index in [1.54, 1.807) is 0 Å². The summed E-state index contributed by atoms with van der Waals surface area (Å²) in [4.78, 5) is 10.7. The molecule has 0 aliphatic heterocycles. The largest absolute Gasteiger partial charge is 0.481 e. The molecule has 0 spiro atoms. The van der Waals surface area contributed by atoms with Gasteiger partial charge in [-0.25, -0.2) is 0 Å². The van der Waals surface area contributed by atoms with Crippen LogP contribution >= 0.6 is 0 Å². The second kappa shape index (κ2) is 11.9. The van der Waals surface area contributed by atoms with Crippen molar-refractivity contribution in [2.45, 2.75) is 72.6 Å². The van der Waals surface area contributed by atoms with Gasteiger partial charge in [-0.05, 0) is 49.4 Å². The molecular weight excluding hydrogens is 280 g/mol. The Bertz CT molecular complexity index is 289. The summed E-state index contributed by atoms with van der Waals surface area (Å²) >= 11 is 0. The van der Waals surface area contributed by atoms with Crippen molar-refractivity contribution >= 4 is 5.97 Å². The van der Waals surface area contributed by atoms with E-state index < -0.39 is 5.97 Å². The summed E-state index contributed by atoms with van der Waals surface area (Å²) in [6.45, 7) is 10.3. The van der Waals surface area contributed by atoms with E-state index in [9.17, 15) is 4.79 Å². The van der Waals surface area contributed by atoms with Crippen LogP contribution in [0.25, 0.3) is 0 Å². The lowest BCUT2D eigenvalue weighted by Gasteiger charge is -2.22. The maximum atomic E-state index is 10.7. The second-order valence-corrected chi connectivity index (χ2v) is 7.55. The maximum absolute atomic E-state index is 10.7. The van der Waals surface area contributed by atoms with Gasteiger partial charge < -0.3 is 14.9 Å². The summed E-state index contributed by atoms with van der Waals surface area (Å²) in [5, 5.41) is 17.7. The van der Waals surface area contributed by atoms with E-state index >= 15 is 0 Å². The van der Waals surface area contributed by atoms with E-state index in [1.807, 2.05) is 13.8 Å². The second-order valence-electron chi connectivity index (χ2n) is 7.55. The number of carboxylic acid groups (broad SMARTS) is 1. The van der Waals surface area contributed by atoms with Crippen LogP contribution in [0.1, 0.15) is 72.6 Å². The van der Waals surface area contributed by atoms with E-state index in [4.69, 9.17) is 14.9 Å². The van der Waals surface area contributed by atoms with Crippen LogP contribution in [0, 0.1) is 17.3 Å². The summed E-state index contributed by atoms with van der Waals surface area (Å²) < 4.78 is 5.68. The molecule has 4 nitrogen and oxygen atoms in total. The molecule has 0 saturated carbocycles. The van der Waals surface area contributed by atoms with Crippen molar-refractivity contribution < 1.29 is 19.7 Å². The summed E-state index contributed by atoms with van der Waals surface area (Å²) in [5.41, 5.74) is -0.122. The Morgan fingerprint density at radius 3 is 2.32 bits per heavy atom. The minimum absolute atomic E-state index is 0.122. The number of hydrogen-bond acceptors (Lipinski definition) is 3. The van der Waals surface area contributed by atoms with Crippen LogP contribution in [0.5, 0.6) is 0 Å². The Morgan fingerprint density at radius 1 is 1.09 bits per heavy atom. The fourth-order valence-electron chi connectivity index (χ4n) is 2.84. The molecule has 0 saturated heterocycles. The van der Waals surface area contributed by atoms with Crippen LogP contribution in [-0.4, -0.2) is 36.0 Å². The predicted octanol–water partition coefficient (Wildman–Crippen LogP) is 4.11. The molecule has 0 fully saturated rings. The van der Waals surface area contributed by atoms with Gasteiger partial charge in [-0.3, -0.25) is 4.79 Å². The number of rotatable bonds is 14. The van der Waals surface area contributed by atoms with Crippen molar-refractivity contribution in [3.05, 3.63) is 0 Å². The Kier molecular flexibility index (Phi) is 11.6. The van der Waals surface area contributed by atoms with Crippen LogP contribution in [0.3, 0.4) is 0 Å². The first-order valence-corrected chi connectivity index (χ1v) is 8.67. The van der Waals surface area contributed by atoms with Crippen LogP contribution in [-0.2, 0) is 9.53 Å². The molecule has 2 unspecified atom stereocenters. The summed E-state index contributed by atoms with van der Waals surface area (Å²) in [5.74, 6) is 0.498. The topological polar surface area (TPSA) is 66.8 Å². The first-order chi connectivity index (χ1) is 10.3. The highest BCUT2D eigenvalue weighted by atomic mass is 16.5. The molecule has 0 aromatic rings. The normalized spacial score (nSPS) is 14.8. The molecular formula is C18H36O4. The lowest BCUT2D eigenvalue weighted by molar-refractivity contribution is -0.139. The van der Waals surface area contributed by atoms with Crippen LogP contribution in [0.4, 0.5) is 0 Å². The lowest BCUT2D eigenvalue weighted by Crippen LogP contribution is -2.16. The Labute approximate surface area is 136 Å². The molecule has 4 heteroatoms. The third-order valence-electron chi connectivity index (χ3n) is 4.20. The number of aliphatic carboxylic acids is 1. The first-order valence-electron chi connectivity index (χ1n) is 8.67. The van der Waals surface area contributed by atoms with Gasteiger partial charge in [-0.2, -0.15) is 0 Å². The fraction of sp³-hybridized carbons (Fsp3) is 0.944. The Balaban J connectivity index is 3.52. The smallest absolute Gasteiger partial charge is 0.303 e. The standard InChI is InChI=1S/C18H36O4/c1-15(7-10-19)13-16(2)8-12-22-11-6-5-9-18(3,4)14-17(20)21/h15-16,19H,5-14H2,1-4H3,(H,20,21). The highest BCUT2D eigenvalue weighted by molar-refractivity contribution is 5.67. The fourth-order valence-corrected chi connectivity index (χ4v) is 2.84. The van der Waals surface area contributed by atoms with E-state index in [-0.39, 0.29) is 18.4 Å². The molecule has 2 atom stereocenters. The molecule has 2 N–H and O–H groups in total. The quantitative estimate of drug-likeness (QED) is 0.473. The average Bonchev–Trinajstić information content (AvgIpc) is 2.36. The zero-order valence-corrected chi connectivity index (χ0v) is 14.9. The van der Waals surface area contributed by atoms with Gasteiger partial charge in [0.1, 0.15) is 0 Å². The van der Waals surface area contributed by atoms with Crippen molar-refractivity contribution in [2.24, 2.45) is 17.3 Å². The highest BCUT2D eigenvalue weighted by Gasteiger charge is 2.20. The molecule has 0 radical (unpaired) electrons. The molecule has 0 aliphatic carbocycles. The SMILES string of the molecule is CC(CCO)CC(C)CCOCCCCC(C)(C)CC(=O)O. The van der Waals surface area contributed by atoms with E-state index in [0.717, 1.165) is 51.7 Å². The van der Waals surface area contributed by atoms with Crippen LogP contribution in [0.2, 0.25) is 0 Å². The summed E-state index contributed by atoms with van der Waals surface area (Å²) in [7, 11) is 0. The Morgan fingerprint density at radius 2 is 1.73 bits per heavy atom. The van der Waals surface area contributed by atoms with Gasteiger partial charge in [0.2, 0.25) is 0 Å². The lowest BCUT2D eigenvalue weighted by atomic mass is 9.84. The molecule has 0 aromatic carbocycles. The minimum atomic E-state index is -0.717. The van der Waals surface area contributed by atoms with Crippen molar-refractivity contribution in [1.82, 2.24) is 0 Å². The maximum Gasteiger partial charge on any atom is 0.303 e. The molecule has 132 valence electrons. The number of hydrogen-bond donors (Lipinski definition) is 2. The summed E-state index contributed by atoms with van der Waals surface area (Å²) in [6, 6.07) is 0. The number of aliphatic hydroxyl groups is 1. The van der Waals surface area contributed by atoms with E-state index in [1.165, 1.54) is 0 Å². The molecule has 0 rings (SSSR count). The number of unbranched alkanes of at least 4 members (excludes halogenated alkanes) is 1. The monoisotopic (exact) mass is 316 g/mol. The third kappa shape index (κ3) is 13.1. The zero-order valence-electron chi connectivity index (χ0n) is 14.9. The minimum Gasteiger partial charge on any atom is -0.481 e. The van der Waals surface area contributed by atoms with Crippen molar-refractivity contribution in [3.63, 3.8) is 0 Å². The van der Waals surface area contributed by atoms with Crippen molar-refractivity contribution in [3.8, 4) is 0 Å². The van der Waals surface area contributed by atoms with Gasteiger partial charge >= 0.3 is 5.97 Å². The summed E-state index contributed by atoms with van der Waals surface area (Å²) in [6.07, 6.45) is 6.28. The van der Waals surface area contributed by atoms with Crippen molar-refractivity contribution in [2.75, 3.05) is 19.8 Å². The highest BCUT2D eigenvalue weighted by Crippen LogP contribution is 2.27. The molecule has 0 aliphatic rings. The molecule has 22 heavy (non-hydrogen) atoms. The zero-order chi connectivity index (χ0) is 17.0. The van der Waals surface area contributed by atoms with Crippen LogP contribution in [0.15, 0.2) is 0 Å². The van der Waals surface area contributed by atoms with Gasteiger partial charge in [-0.1, -0.05) is 34.1 Å². The number of ether oxygens (including phenoxy) is 1. The molecule has 0 aromatic heterocycles. The van der Waals surface area contributed by atoms with Gasteiger partial charge in [0, 0.05) is 19.8 Å². The molecule has 0 heterocycles. The number of carboxylic acids is 1. The van der Waals surface area contributed by atoms with Gasteiger partial charge in [0.05, 0.1) is 6.42 Å². The third-order valence-corrected chi connectivity index (χ3v) is 4.20. The Hall–Kier alpha value is -0.610. The average molecular weight is 316 g/mol. The molecule has 0 bridgehead atoms.